The maximum Gasteiger partial charge on any atom is 0.238 e. The number of hydrogen-bond donors (Lipinski definition) is 0. The summed E-state index contributed by atoms with van der Waals surface area (Å²) in [5.41, 5.74) is 2.45. The Labute approximate surface area is 167 Å². The van der Waals surface area contributed by atoms with E-state index < -0.39 is 0 Å². The molecule has 2 saturated carbocycles. The summed E-state index contributed by atoms with van der Waals surface area (Å²) < 4.78 is 5.94. The molecule has 3 fully saturated rings. The molecule has 5 aliphatic rings. The van der Waals surface area contributed by atoms with Crippen LogP contribution >= 0.6 is 0 Å². The van der Waals surface area contributed by atoms with E-state index in [1.165, 1.54) is 11.3 Å². The molecule has 1 aliphatic heterocycles. The minimum Gasteiger partial charge on any atom is -0.456 e. The van der Waals surface area contributed by atoms with Crippen LogP contribution in [0.15, 0.2) is 71.2 Å². The SMILES string of the molecule is O=C1C2C3C=CC(C4CC34)C2C(=O)N1c1ccc(-c2cc3ccccc3o2)cc1. The highest BCUT2D eigenvalue weighted by Gasteiger charge is 2.67. The predicted octanol–water partition coefficient (Wildman–Crippen LogP) is 4.66. The number of furan rings is 1. The quantitative estimate of drug-likeness (QED) is 0.479. The van der Waals surface area contributed by atoms with E-state index in [0.717, 1.165) is 22.3 Å². The number of rotatable bonds is 2. The predicted molar refractivity (Wildman–Crippen MR) is 109 cm³/mol. The molecule has 1 aromatic heterocycles. The molecule has 1 saturated heterocycles. The van der Waals surface area contributed by atoms with Crippen molar-refractivity contribution in [2.45, 2.75) is 6.42 Å². The van der Waals surface area contributed by atoms with Crippen molar-refractivity contribution < 1.29 is 14.0 Å². The third kappa shape index (κ3) is 1.99. The molecule has 4 heteroatoms. The van der Waals surface area contributed by atoms with E-state index in [9.17, 15) is 9.59 Å². The zero-order valence-electron chi connectivity index (χ0n) is 15.7. The second kappa shape index (κ2) is 5.26. The van der Waals surface area contributed by atoms with E-state index in [-0.39, 0.29) is 35.5 Å². The van der Waals surface area contributed by atoms with E-state index in [4.69, 9.17) is 4.42 Å². The molecule has 142 valence electrons. The largest absolute Gasteiger partial charge is 0.456 e. The Bertz CT molecular complexity index is 1150. The van der Waals surface area contributed by atoms with Gasteiger partial charge in [0, 0.05) is 10.9 Å². The molecule has 29 heavy (non-hydrogen) atoms. The summed E-state index contributed by atoms with van der Waals surface area (Å²) in [6.45, 7) is 0. The van der Waals surface area contributed by atoms with Gasteiger partial charge >= 0.3 is 0 Å². The highest BCUT2D eigenvalue weighted by molar-refractivity contribution is 6.22. The first-order chi connectivity index (χ1) is 14.2. The topological polar surface area (TPSA) is 50.5 Å². The Morgan fingerprint density at radius 3 is 2.14 bits per heavy atom. The second-order valence-electron chi connectivity index (χ2n) is 8.86. The molecule has 0 spiro atoms. The van der Waals surface area contributed by atoms with Crippen LogP contribution in [0.4, 0.5) is 5.69 Å². The van der Waals surface area contributed by atoms with Crippen molar-refractivity contribution in [2.24, 2.45) is 35.5 Å². The van der Waals surface area contributed by atoms with E-state index >= 15 is 0 Å². The van der Waals surface area contributed by atoms with E-state index in [1.54, 1.807) is 0 Å². The van der Waals surface area contributed by atoms with Crippen LogP contribution < -0.4 is 4.90 Å². The lowest BCUT2D eigenvalue weighted by molar-refractivity contribution is -0.124. The molecule has 0 radical (unpaired) electrons. The van der Waals surface area contributed by atoms with Gasteiger partial charge in [-0.25, -0.2) is 0 Å². The van der Waals surface area contributed by atoms with Crippen molar-refractivity contribution in [1.82, 2.24) is 0 Å². The first kappa shape index (κ1) is 15.7. The van der Waals surface area contributed by atoms with Crippen molar-refractivity contribution in [3.8, 4) is 11.3 Å². The van der Waals surface area contributed by atoms with Gasteiger partial charge in [-0.1, -0.05) is 30.4 Å². The summed E-state index contributed by atoms with van der Waals surface area (Å²) in [6, 6.07) is 17.5. The van der Waals surface area contributed by atoms with Gasteiger partial charge in [-0.2, -0.15) is 0 Å². The lowest BCUT2D eigenvalue weighted by Gasteiger charge is -2.37. The van der Waals surface area contributed by atoms with E-state index in [2.05, 4.69) is 12.2 Å². The Morgan fingerprint density at radius 1 is 0.828 bits per heavy atom. The van der Waals surface area contributed by atoms with Crippen LogP contribution in [0.5, 0.6) is 0 Å². The molecule has 4 aliphatic carbocycles. The fourth-order valence-corrected chi connectivity index (χ4v) is 6.11. The van der Waals surface area contributed by atoms with Crippen molar-refractivity contribution in [2.75, 3.05) is 4.90 Å². The van der Waals surface area contributed by atoms with Gasteiger partial charge in [0.1, 0.15) is 11.3 Å². The Kier molecular flexibility index (Phi) is 2.86. The number of anilines is 1. The number of hydrogen-bond acceptors (Lipinski definition) is 3. The number of amides is 2. The minimum absolute atomic E-state index is 0.0128. The Balaban J connectivity index is 1.23. The van der Waals surface area contributed by atoms with E-state index in [1.807, 2.05) is 54.6 Å². The first-order valence-corrected chi connectivity index (χ1v) is 10.4. The summed E-state index contributed by atoms with van der Waals surface area (Å²) in [5, 5.41) is 1.06. The highest BCUT2D eigenvalue weighted by Crippen LogP contribution is 2.65. The summed E-state index contributed by atoms with van der Waals surface area (Å²) in [4.78, 5) is 27.9. The molecule has 0 N–H and O–H groups in total. The number of carbonyl (C=O) groups excluding carboxylic acids is 2. The Morgan fingerprint density at radius 2 is 1.48 bits per heavy atom. The van der Waals surface area contributed by atoms with Crippen molar-refractivity contribution in [1.29, 1.82) is 0 Å². The fourth-order valence-electron chi connectivity index (χ4n) is 6.11. The minimum atomic E-state index is -0.156. The van der Waals surface area contributed by atoms with Gasteiger partial charge in [0.2, 0.25) is 11.8 Å². The van der Waals surface area contributed by atoms with Crippen molar-refractivity contribution in [3.63, 3.8) is 0 Å². The zero-order chi connectivity index (χ0) is 19.3. The van der Waals surface area contributed by atoms with Crippen LogP contribution in [0, 0.1) is 35.5 Å². The standard InChI is InChI=1S/C25H19NO3/c27-24-22-16-9-10-17(19-12-18(16)19)23(22)25(28)26(24)15-7-5-13(6-8-15)21-11-14-3-1-2-4-20(14)29-21/h1-11,16-19,22-23H,12H2. The zero-order valence-corrected chi connectivity index (χ0v) is 15.7. The molecule has 3 aromatic rings. The number of carbonyl (C=O) groups is 2. The molecule has 2 amide bonds. The molecule has 6 unspecified atom stereocenters. The lowest BCUT2D eigenvalue weighted by Crippen LogP contribution is -2.40. The number of nitrogens with zero attached hydrogens (tertiary/aromatic N) is 1. The molecular formula is C25H19NO3. The maximum absolute atomic E-state index is 13.2. The van der Waals surface area contributed by atoms with Gasteiger partial charge in [0.15, 0.2) is 0 Å². The summed E-state index contributed by atoms with van der Waals surface area (Å²) in [7, 11) is 0. The number of fused-ring (bicyclic) bond motifs is 1. The lowest BCUT2D eigenvalue weighted by atomic mass is 9.63. The summed E-state index contributed by atoms with van der Waals surface area (Å²) >= 11 is 0. The van der Waals surface area contributed by atoms with Gasteiger partial charge in [0.25, 0.3) is 0 Å². The maximum atomic E-state index is 13.2. The number of allylic oxidation sites excluding steroid dienone is 2. The van der Waals surface area contributed by atoms with Gasteiger partial charge in [-0.15, -0.1) is 0 Å². The first-order valence-electron chi connectivity index (χ1n) is 10.4. The fraction of sp³-hybridized carbons (Fsp3) is 0.280. The molecule has 2 bridgehead atoms. The van der Waals surface area contributed by atoms with Crippen LogP contribution in [0.1, 0.15) is 6.42 Å². The van der Waals surface area contributed by atoms with E-state index in [0.29, 0.717) is 17.5 Å². The van der Waals surface area contributed by atoms with Crippen LogP contribution in [0.3, 0.4) is 0 Å². The van der Waals surface area contributed by atoms with Gasteiger partial charge in [-0.3, -0.25) is 14.5 Å². The number of imide groups is 1. The summed E-state index contributed by atoms with van der Waals surface area (Å²) in [5.74, 6) is 2.21. The van der Waals surface area contributed by atoms with Gasteiger partial charge < -0.3 is 4.42 Å². The highest BCUT2D eigenvalue weighted by atomic mass is 16.3. The molecule has 2 aromatic carbocycles. The molecule has 6 atom stereocenters. The average molecular weight is 381 g/mol. The van der Waals surface area contributed by atoms with Crippen molar-refractivity contribution in [3.05, 3.63) is 66.7 Å². The molecular weight excluding hydrogens is 362 g/mol. The van der Waals surface area contributed by atoms with Crippen LogP contribution in [0.25, 0.3) is 22.3 Å². The second-order valence-corrected chi connectivity index (χ2v) is 8.86. The van der Waals surface area contributed by atoms with Crippen LogP contribution in [-0.4, -0.2) is 11.8 Å². The van der Waals surface area contributed by atoms with Crippen molar-refractivity contribution >= 4 is 28.5 Å². The Hall–Kier alpha value is -3.14. The third-order valence-electron chi connectivity index (χ3n) is 7.50. The average Bonchev–Trinajstić information content (AvgIpc) is 3.40. The molecule has 2 heterocycles. The van der Waals surface area contributed by atoms with Crippen LogP contribution in [0.2, 0.25) is 0 Å². The number of benzene rings is 2. The van der Waals surface area contributed by atoms with Gasteiger partial charge in [-0.05, 0) is 66.5 Å². The smallest absolute Gasteiger partial charge is 0.238 e. The monoisotopic (exact) mass is 381 g/mol. The molecule has 4 nitrogen and oxygen atoms in total. The van der Waals surface area contributed by atoms with Gasteiger partial charge in [0.05, 0.1) is 17.5 Å². The third-order valence-corrected chi connectivity index (χ3v) is 7.50. The summed E-state index contributed by atoms with van der Waals surface area (Å²) in [6.07, 6.45) is 5.60. The normalized spacial score (nSPS) is 34.0. The van der Waals surface area contributed by atoms with Crippen LogP contribution in [-0.2, 0) is 9.59 Å². The number of para-hydroxylation sites is 1. The molecule has 8 rings (SSSR count).